The van der Waals surface area contributed by atoms with E-state index in [1.165, 1.54) is 29.7 Å². The Kier molecular flexibility index (Phi) is 5.74. The molecule has 0 radical (unpaired) electrons. The first-order valence-corrected chi connectivity index (χ1v) is 8.62. The topological polar surface area (TPSA) is 15.3 Å². The van der Waals surface area contributed by atoms with Crippen LogP contribution >= 0.6 is 11.8 Å². The van der Waals surface area contributed by atoms with Crippen molar-refractivity contribution in [2.75, 3.05) is 25.6 Å². The van der Waals surface area contributed by atoms with Crippen LogP contribution in [0.15, 0.2) is 24.3 Å². The van der Waals surface area contributed by atoms with Crippen molar-refractivity contribution in [3.05, 3.63) is 35.4 Å². The van der Waals surface area contributed by atoms with Crippen LogP contribution in [0.4, 0.5) is 0 Å². The van der Waals surface area contributed by atoms with Gasteiger partial charge < -0.3 is 5.32 Å². The van der Waals surface area contributed by atoms with Gasteiger partial charge in [-0.05, 0) is 56.5 Å². The second-order valence-electron chi connectivity index (χ2n) is 5.48. The van der Waals surface area contributed by atoms with Crippen molar-refractivity contribution in [2.45, 2.75) is 38.4 Å². The first kappa shape index (κ1) is 14.9. The number of hydrogen-bond acceptors (Lipinski definition) is 3. The van der Waals surface area contributed by atoms with Gasteiger partial charge in [0.05, 0.1) is 0 Å². The minimum Gasteiger partial charge on any atom is -0.313 e. The third-order valence-electron chi connectivity index (χ3n) is 4.25. The maximum absolute atomic E-state index is 3.54. The molecule has 1 aliphatic heterocycles. The van der Waals surface area contributed by atoms with Crippen LogP contribution in [0.3, 0.4) is 0 Å². The maximum Gasteiger partial charge on any atom is 0.0363 e. The highest BCUT2D eigenvalue weighted by Gasteiger charge is 2.24. The van der Waals surface area contributed by atoms with Gasteiger partial charge in [-0.25, -0.2) is 0 Å². The highest BCUT2D eigenvalue weighted by atomic mass is 32.2. The lowest BCUT2D eigenvalue weighted by molar-refractivity contribution is 0.174. The smallest absolute Gasteiger partial charge is 0.0363 e. The van der Waals surface area contributed by atoms with Gasteiger partial charge in [0.25, 0.3) is 0 Å². The fourth-order valence-corrected chi connectivity index (χ4v) is 3.44. The summed E-state index contributed by atoms with van der Waals surface area (Å²) in [6.07, 6.45) is 4.67. The van der Waals surface area contributed by atoms with Crippen LogP contribution in [0.2, 0.25) is 0 Å². The average molecular weight is 278 g/mol. The Morgan fingerprint density at radius 3 is 3.00 bits per heavy atom. The standard InChI is InChI=1S/C16H26N2S/c1-13(9-11-19-3)18(2)16-8-10-17-12-14-6-4-5-7-15(14)16/h4-7,13,16-17H,8-12H2,1-3H3. The molecule has 0 fully saturated rings. The fraction of sp³-hybridized carbons (Fsp3) is 0.625. The molecule has 1 heterocycles. The number of rotatable bonds is 5. The zero-order valence-electron chi connectivity index (χ0n) is 12.4. The Morgan fingerprint density at radius 1 is 1.42 bits per heavy atom. The lowest BCUT2D eigenvalue weighted by Crippen LogP contribution is -2.34. The van der Waals surface area contributed by atoms with Crippen LogP contribution in [-0.4, -0.2) is 36.5 Å². The maximum atomic E-state index is 3.54. The van der Waals surface area contributed by atoms with Gasteiger partial charge in [0, 0.05) is 18.6 Å². The fourth-order valence-electron chi connectivity index (χ4n) is 2.86. The molecule has 0 amide bonds. The summed E-state index contributed by atoms with van der Waals surface area (Å²) in [5, 5.41) is 3.54. The molecule has 0 saturated carbocycles. The number of thioether (sulfide) groups is 1. The van der Waals surface area contributed by atoms with Crippen molar-refractivity contribution in [2.24, 2.45) is 0 Å². The highest BCUT2D eigenvalue weighted by Crippen LogP contribution is 2.30. The van der Waals surface area contributed by atoms with Gasteiger partial charge >= 0.3 is 0 Å². The summed E-state index contributed by atoms with van der Waals surface area (Å²) < 4.78 is 0. The Hall–Kier alpha value is -0.510. The van der Waals surface area contributed by atoms with Gasteiger partial charge in [-0.15, -0.1) is 0 Å². The van der Waals surface area contributed by atoms with Gasteiger partial charge in [-0.3, -0.25) is 4.90 Å². The normalized spacial score (nSPS) is 20.9. The van der Waals surface area contributed by atoms with Gasteiger partial charge in [0.1, 0.15) is 0 Å². The third kappa shape index (κ3) is 3.74. The van der Waals surface area contributed by atoms with E-state index in [0.717, 1.165) is 13.1 Å². The monoisotopic (exact) mass is 278 g/mol. The zero-order chi connectivity index (χ0) is 13.7. The molecule has 1 aromatic rings. The predicted molar refractivity (Wildman–Crippen MR) is 85.7 cm³/mol. The molecule has 1 aromatic carbocycles. The summed E-state index contributed by atoms with van der Waals surface area (Å²) in [4.78, 5) is 2.57. The summed E-state index contributed by atoms with van der Waals surface area (Å²) in [5.41, 5.74) is 2.99. The SMILES string of the molecule is CSCCC(C)N(C)C1CCNCc2ccccc21. The van der Waals surface area contributed by atoms with E-state index in [1.807, 2.05) is 11.8 Å². The molecule has 19 heavy (non-hydrogen) atoms. The summed E-state index contributed by atoms with van der Waals surface area (Å²) >= 11 is 1.94. The molecular weight excluding hydrogens is 252 g/mol. The molecule has 0 aliphatic carbocycles. The summed E-state index contributed by atoms with van der Waals surface area (Å²) in [7, 11) is 2.29. The quantitative estimate of drug-likeness (QED) is 0.890. The van der Waals surface area contributed by atoms with Crippen LogP contribution in [-0.2, 0) is 6.54 Å². The van der Waals surface area contributed by atoms with E-state index < -0.39 is 0 Å². The van der Waals surface area contributed by atoms with E-state index in [4.69, 9.17) is 0 Å². The molecule has 0 bridgehead atoms. The number of hydrogen-bond donors (Lipinski definition) is 1. The molecule has 2 nitrogen and oxygen atoms in total. The van der Waals surface area contributed by atoms with E-state index >= 15 is 0 Å². The predicted octanol–water partition coefficient (Wildman–Crippen LogP) is 3.29. The summed E-state index contributed by atoms with van der Waals surface area (Å²) in [5.74, 6) is 1.25. The molecule has 106 valence electrons. The van der Waals surface area contributed by atoms with Crippen LogP contribution in [0, 0.1) is 0 Å². The van der Waals surface area contributed by atoms with Crippen LogP contribution in [0.25, 0.3) is 0 Å². The van der Waals surface area contributed by atoms with E-state index in [9.17, 15) is 0 Å². The highest BCUT2D eigenvalue weighted by molar-refractivity contribution is 7.98. The molecule has 3 heteroatoms. The molecule has 2 unspecified atom stereocenters. The van der Waals surface area contributed by atoms with Gasteiger partial charge in [-0.2, -0.15) is 11.8 Å². The van der Waals surface area contributed by atoms with Crippen molar-refractivity contribution < 1.29 is 0 Å². The Labute approximate surface area is 122 Å². The van der Waals surface area contributed by atoms with E-state index in [0.29, 0.717) is 12.1 Å². The lowest BCUT2D eigenvalue weighted by Gasteiger charge is -2.33. The van der Waals surface area contributed by atoms with E-state index in [1.54, 1.807) is 0 Å². The van der Waals surface area contributed by atoms with Gasteiger partial charge in [0.15, 0.2) is 0 Å². The average Bonchev–Trinajstić information content (AvgIpc) is 2.66. The molecular formula is C16H26N2S. The molecule has 1 N–H and O–H groups in total. The molecule has 0 aromatic heterocycles. The second kappa shape index (κ2) is 7.32. The number of nitrogens with zero attached hydrogens (tertiary/aromatic N) is 1. The van der Waals surface area contributed by atoms with Crippen molar-refractivity contribution >= 4 is 11.8 Å². The molecule has 2 rings (SSSR count). The molecule has 1 aliphatic rings. The zero-order valence-corrected chi connectivity index (χ0v) is 13.2. The Balaban J connectivity index is 2.14. The number of benzene rings is 1. The largest absolute Gasteiger partial charge is 0.313 e. The lowest BCUT2D eigenvalue weighted by atomic mass is 9.97. The summed E-state index contributed by atoms with van der Waals surface area (Å²) in [6.45, 7) is 4.48. The van der Waals surface area contributed by atoms with Crippen LogP contribution in [0.1, 0.15) is 36.9 Å². The summed E-state index contributed by atoms with van der Waals surface area (Å²) in [6, 6.07) is 10.1. The number of fused-ring (bicyclic) bond motifs is 1. The second-order valence-corrected chi connectivity index (χ2v) is 6.46. The van der Waals surface area contributed by atoms with E-state index in [2.05, 4.69) is 54.7 Å². The molecule has 0 saturated heterocycles. The van der Waals surface area contributed by atoms with Crippen LogP contribution in [0.5, 0.6) is 0 Å². The van der Waals surface area contributed by atoms with Crippen molar-refractivity contribution in [3.63, 3.8) is 0 Å². The first-order valence-electron chi connectivity index (χ1n) is 7.23. The van der Waals surface area contributed by atoms with Crippen LogP contribution < -0.4 is 5.32 Å². The van der Waals surface area contributed by atoms with Crippen molar-refractivity contribution in [3.8, 4) is 0 Å². The Bertz CT molecular complexity index is 394. The van der Waals surface area contributed by atoms with Gasteiger partial charge in [0.2, 0.25) is 0 Å². The molecule has 0 spiro atoms. The minimum atomic E-state index is 0.558. The first-order chi connectivity index (χ1) is 9.24. The molecule has 2 atom stereocenters. The number of nitrogens with one attached hydrogen (secondary N) is 1. The Morgan fingerprint density at radius 2 is 2.21 bits per heavy atom. The van der Waals surface area contributed by atoms with E-state index in [-0.39, 0.29) is 0 Å². The van der Waals surface area contributed by atoms with Crippen molar-refractivity contribution in [1.82, 2.24) is 10.2 Å². The third-order valence-corrected chi connectivity index (χ3v) is 4.89. The van der Waals surface area contributed by atoms with Crippen molar-refractivity contribution in [1.29, 1.82) is 0 Å². The minimum absolute atomic E-state index is 0.558. The van der Waals surface area contributed by atoms with Gasteiger partial charge in [-0.1, -0.05) is 24.3 Å².